The highest BCUT2D eigenvalue weighted by atomic mass is 32.2. The van der Waals surface area contributed by atoms with Crippen molar-refractivity contribution < 1.29 is 14.6 Å². The smallest absolute Gasteiger partial charge is 0.225 e. The Morgan fingerprint density at radius 2 is 2.38 bits per heavy atom. The molecule has 0 aromatic heterocycles. The van der Waals surface area contributed by atoms with Crippen LogP contribution in [0.25, 0.3) is 0 Å². The van der Waals surface area contributed by atoms with Crippen molar-refractivity contribution in [3.05, 3.63) is 0 Å². The van der Waals surface area contributed by atoms with Crippen LogP contribution < -0.4 is 5.32 Å². The Hall–Kier alpha value is -0.260. The summed E-state index contributed by atoms with van der Waals surface area (Å²) in [7, 11) is 0. The lowest BCUT2D eigenvalue weighted by molar-refractivity contribution is -0.127. The second-order valence-electron chi connectivity index (χ2n) is 4.62. The second kappa shape index (κ2) is 5.89. The van der Waals surface area contributed by atoms with Crippen molar-refractivity contribution >= 4 is 17.7 Å². The molecule has 2 N–H and O–H groups in total. The van der Waals surface area contributed by atoms with E-state index in [9.17, 15) is 9.90 Å². The van der Waals surface area contributed by atoms with Crippen LogP contribution in [0.4, 0.5) is 0 Å². The van der Waals surface area contributed by atoms with E-state index in [0.717, 1.165) is 6.42 Å². The molecule has 0 aromatic carbocycles. The molecule has 0 spiro atoms. The molecule has 1 rings (SSSR count). The molecule has 0 aliphatic carbocycles. The molecule has 0 bridgehead atoms. The number of nitrogens with one attached hydrogen (secondary N) is 1. The number of ether oxygens (including phenoxy) is 1. The van der Waals surface area contributed by atoms with E-state index in [1.807, 2.05) is 13.2 Å². The highest BCUT2D eigenvalue weighted by molar-refractivity contribution is 7.98. The van der Waals surface area contributed by atoms with Crippen LogP contribution >= 0.6 is 11.8 Å². The zero-order valence-electron chi connectivity index (χ0n) is 10.2. The summed E-state index contributed by atoms with van der Waals surface area (Å²) in [4.78, 5) is 11.8. The number of aliphatic hydroxyl groups is 1. The number of carbonyl (C=O) groups excluding carboxylic acids is 1. The topological polar surface area (TPSA) is 58.6 Å². The molecule has 4 nitrogen and oxygen atoms in total. The fourth-order valence-electron chi connectivity index (χ4n) is 1.85. The van der Waals surface area contributed by atoms with Gasteiger partial charge in [-0.15, -0.1) is 0 Å². The Morgan fingerprint density at radius 3 is 2.88 bits per heavy atom. The van der Waals surface area contributed by atoms with E-state index in [2.05, 4.69) is 5.32 Å². The van der Waals surface area contributed by atoms with Gasteiger partial charge in [0.25, 0.3) is 0 Å². The molecule has 1 heterocycles. The van der Waals surface area contributed by atoms with Crippen molar-refractivity contribution in [1.29, 1.82) is 0 Å². The van der Waals surface area contributed by atoms with Gasteiger partial charge in [-0.05, 0) is 26.5 Å². The minimum atomic E-state index is -0.836. The first-order chi connectivity index (χ1) is 7.46. The van der Waals surface area contributed by atoms with Crippen LogP contribution in [0.2, 0.25) is 0 Å². The van der Waals surface area contributed by atoms with Gasteiger partial charge in [0.05, 0.1) is 17.6 Å². The number of rotatable bonds is 5. The van der Waals surface area contributed by atoms with Gasteiger partial charge >= 0.3 is 0 Å². The van der Waals surface area contributed by atoms with Crippen molar-refractivity contribution in [3.8, 4) is 0 Å². The Labute approximate surface area is 101 Å². The summed E-state index contributed by atoms with van der Waals surface area (Å²) in [6.45, 7) is 4.60. The average molecular weight is 247 g/mol. The summed E-state index contributed by atoms with van der Waals surface area (Å²) in [5.74, 6) is 0.542. The van der Waals surface area contributed by atoms with Gasteiger partial charge < -0.3 is 15.2 Å². The number of amides is 1. The maximum Gasteiger partial charge on any atom is 0.225 e. The van der Waals surface area contributed by atoms with Crippen LogP contribution in [0.3, 0.4) is 0 Å². The normalized spacial score (nSPS) is 28.8. The third-order valence-corrected chi connectivity index (χ3v) is 3.72. The van der Waals surface area contributed by atoms with E-state index < -0.39 is 5.60 Å². The first kappa shape index (κ1) is 13.8. The molecule has 0 radical (unpaired) electrons. The lowest BCUT2D eigenvalue weighted by Gasteiger charge is -2.24. The highest BCUT2D eigenvalue weighted by Gasteiger charge is 2.31. The predicted octanol–water partition coefficient (Wildman–Crippen LogP) is 0.642. The SMILES string of the molecule is CSCC(C)(O)CNC(=O)C1CCOC1C. The number of thioether (sulfide) groups is 1. The molecule has 1 aliphatic rings. The summed E-state index contributed by atoms with van der Waals surface area (Å²) in [5.41, 5.74) is -0.836. The van der Waals surface area contributed by atoms with Gasteiger partial charge in [0.2, 0.25) is 5.91 Å². The van der Waals surface area contributed by atoms with Gasteiger partial charge in [-0.3, -0.25) is 4.79 Å². The number of hydrogen-bond donors (Lipinski definition) is 2. The molecule has 0 saturated carbocycles. The maximum absolute atomic E-state index is 11.8. The molecule has 0 aromatic rings. The van der Waals surface area contributed by atoms with Crippen LogP contribution in [0.5, 0.6) is 0 Å². The van der Waals surface area contributed by atoms with E-state index in [-0.39, 0.29) is 17.9 Å². The summed E-state index contributed by atoms with van der Waals surface area (Å²) < 4.78 is 5.34. The molecule has 3 atom stereocenters. The Balaban J connectivity index is 2.34. The molecule has 16 heavy (non-hydrogen) atoms. The van der Waals surface area contributed by atoms with Crippen molar-refractivity contribution in [2.75, 3.05) is 25.2 Å². The first-order valence-electron chi connectivity index (χ1n) is 5.57. The van der Waals surface area contributed by atoms with Crippen molar-refractivity contribution in [3.63, 3.8) is 0 Å². The highest BCUT2D eigenvalue weighted by Crippen LogP contribution is 2.20. The van der Waals surface area contributed by atoms with Gasteiger partial charge in [-0.25, -0.2) is 0 Å². The first-order valence-corrected chi connectivity index (χ1v) is 6.96. The molecule has 1 fully saturated rings. The standard InChI is InChI=1S/C11H21NO3S/c1-8-9(4-5-15-8)10(13)12-6-11(2,14)7-16-3/h8-9,14H,4-7H2,1-3H3,(H,12,13). The number of carbonyl (C=O) groups is 1. The van der Waals surface area contributed by atoms with Gasteiger partial charge in [0, 0.05) is 18.9 Å². The summed E-state index contributed by atoms with van der Waals surface area (Å²) in [6, 6.07) is 0. The average Bonchev–Trinajstić information content (AvgIpc) is 2.61. The van der Waals surface area contributed by atoms with Crippen LogP contribution in [0, 0.1) is 5.92 Å². The van der Waals surface area contributed by atoms with Gasteiger partial charge in [-0.1, -0.05) is 0 Å². The quantitative estimate of drug-likeness (QED) is 0.748. The third-order valence-electron chi connectivity index (χ3n) is 2.81. The van der Waals surface area contributed by atoms with E-state index in [0.29, 0.717) is 18.9 Å². The van der Waals surface area contributed by atoms with Crippen LogP contribution in [0.1, 0.15) is 20.3 Å². The largest absolute Gasteiger partial charge is 0.387 e. The molecule has 1 amide bonds. The fraction of sp³-hybridized carbons (Fsp3) is 0.909. The zero-order valence-corrected chi connectivity index (χ0v) is 11.0. The molecular weight excluding hydrogens is 226 g/mol. The van der Waals surface area contributed by atoms with Gasteiger partial charge in [0.15, 0.2) is 0 Å². The van der Waals surface area contributed by atoms with Gasteiger partial charge in [-0.2, -0.15) is 11.8 Å². The summed E-state index contributed by atoms with van der Waals surface area (Å²) >= 11 is 1.57. The minimum absolute atomic E-state index is 0.00798. The Kier molecular flexibility index (Phi) is 5.08. The Bertz CT molecular complexity index is 245. The number of hydrogen-bond acceptors (Lipinski definition) is 4. The van der Waals surface area contributed by atoms with Gasteiger partial charge in [0.1, 0.15) is 0 Å². The lowest BCUT2D eigenvalue weighted by atomic mass is 10.0. The molecule has 1 saturated heterocycles. The zero-order chi connectivity index (χ0) is 12.2. The summed E-state index contributed by atoms with van der Waals surface area (Å²) in [5, 5.41) is 12.7. The summed E-state index contributed by atoms with van der Waals surface area (Å²) in [6.07, 6.45) is 2.70. The van der Waals surface area contributed by atoms with E-state index >= 15 is 0 Å². The minimum Gasteiger partial charge on any atom is -0.387 e. The lowest BCUT2D eigenvalue weighted by Crippen LogP contribution is -2.45. The van der Waals surface area contributed by atoms with Crippen molar-refractivity contribution in [1.82, 2.24) is 5.32 Å². The van der Waals surface area contributed by atoms with E-state index in [1.165, 1.54) is 0 Å². The molecule has 1 aliphatic heterocycles. The molecule has 94 valence electrons. The predicted molar refractivity (Wildman–Crippen MR) is 65.5 cm³/mol. The van der Waals surface area contributed by atoms with E-state index in [1.54, 1.807) is 18.7 Å². The third kappa shape index (κ3) is 3.96. The Morgan fingerprint density at radius 1 is 1.69 bits per heavy atom. The van der Waals surface area contributed by atoms with Crippen molar-refractivity contribution in [2.24, 2.45) is 5.92 Å². The van der Waals surface area contributed by atoms with E-state index in [4.69, 9.17) is 4.74 Å². The van der Waals surface area contributed by atoms with Crippen LogP contribution in [-0.4, -0.2) is 47.9 Å². The molecular formula is C11H21NO3S. The van der Waals surface area contributed by atoms with Crippen LogP contribution in [-0.2, 0) is 9.53 Å². The molecule has 5 heteroatoms. The fourth-order valence-corrected chi connectivity index (χ4v) is 2.57. The second-order valence-corrected chi connectivity index (χ2v) is 5.48. The monoisotopic (exact) mass is 247 g/mol. The maximum atomic E-state index is 11.8. The van der Waals surface area contributed by atoms with Crippen LogP contribution in [0.15, 0.2) is 0 Å². The van der Waals surface area contributed by atoms with Crippen molar-refractivity contribution in [2.45, 2.75) is 32.0 Å². The molecule has 3 unspecified atom stereocenters.